The van der Waals surface area contributed by atoms with Crippen LogP contribution in [0.2, 0.25) is 0 Å². The highest BCUT2D eigenvalue weighted by molar-refractivity contribution is 6.05. The number of amides is 3. The highest BCUT2D eigenvalue weighted by Gasteiger charge is 2.39. The second kappa shape index (κ2) is 18.9. The molecule has 0 saturated carbocycles. The molecule has 0 spiro atoms. The number of imide groups is 1. The van der Waals surface area contributed by atoms with Crippen molar-refractivity contribution in [3.8, 4) is 11.8 Å². The summed E-state index contributed by atoms with van der Waals surface area (Å²) in [6.07, 6.45) is 0.510. The second-order valence-corrected chi connectivity index (χ2v) is 9.29. The molecule has 2 aliphatic heterocycles. The van der Waals surface area contributed by atoms with Gasteiger partial charge in [-0.25, -0.2) is 0 Å². The van der Waals surface area contributed by atoms with Crippen LogP contribution in [0.4, 0.5) is 0 Å². The lowest BCUT2D eigenvalue weighted by molar-refractivity contribution is -0.139. The number of benzene rings is 1. The Kier molecular flexibility index (Phi) is 14.9. The zero-order valence-electron chi connectivity index (χ0n) is 23.6. The van der Waals surface area contributed by atoms with E-state index in [0.717, 1.165) is 5.56 Å². The average molecular weight is 591 g/mol. The Morgan fingerprint density at radius 1 is 0.857 bits per heavy atom. The molecule has 0 aliphatic carbocycles. The number of aliphatic carboxylic acids is 1. The third-order valence-electron chi connectivity index (χ3n) is 6.30. The van der Waals surface area contributed by atoms with Crippen LogP contribution >= 0.6 is 0 Å². The summed E-state index contributed by atoms with van der Waals surface area (Å²) >= 11 is 0. The number of carbonyl (C=O) groups is 4. The number of carbonyl (C=O) groups excluding carboxylic acids is 3. The number of rotatable bonds is 20. The van der Waals surface area contributed by atoms with E-state index in [2.05, 4.69) is 17.2 Å². The van der Waals surface area contributed by atoms with Crippen LogP contribution in [0.25, 0.3) is 0 Å². The van der Waals surface area contributed by atoms with Crippen LogP contribution in [0.15, 0.2) is 18.2 Å². The summed E-state index contributed by atoms with van der Waals surface area (Å²) in [5, 5.41) is 10.8. The number of nitrogens with one attached hydrogen (secondary N) is 1. The lowest BCUT2D eigenvalue weighted by Crippen LogP contribution is -2.52. The van der Waals surface area contributed by atoms with Crippen molar-refractivity contribution in [2.75, 3.05) is 79.3 Å². The molecule has 1 fully saturated rings. The molecule has 2 aliphatic rings. The zero-order chi connectivity index (χ0) is 30.0. The van der Waals surface area contributed by atoms with Crippen LogP contribution in [0.1, 0.15) is 40.7 Å². The fourth-order valence-electron chi connectivity index (χ4n) is 4.22. The summed E-state index contributed by atoms with van der Waals surface area (Å²) in [4.78, 5) is 48.4. The van der Waals surface area contributed by atoms with E-state index < -0.39 is 17.9 Å². The van der Waals surface area contributed by atoms with Crippen LogP contribution < -0.4 is 5.32 Å². The fourth-order valence-corrected chi connectivity index (χ4v) is 4.22. The van der Waals surface area contributed by atoms with Gasteiger partial charge in [-0.1, -0.05) is 17.9 Å². The normalized spacial score (nSPS) is 16.2. The Balaban J connectivity index is 1.17. The maximum Gasteiger partial charge on any atom is 0.305 e. The Hall–Kier alpha value is -3.38. The largest absolute Gasteiger partial charge is 0.481 e. The monoisotopic (exact) mass is 590 g/mol. The Labute approximate surface area is 244 Å². The first-order valence-corrected chi connectivity index (χ1v) is 13.9. The minimum atomic E-state index is -0.886. The number of hydrogen-bond donors (Lipinski definition) is 2. The molecule has 13 heteroatoms. The van der Waals surface area contributed by atoms with Crippen molar-refractivity contribution in [3.05, 3.63) is 34.9 Å². The van der Waals surface area contributed by atoms with Crippen molar-refractivity contribution >= 4 is 23.7 Å². The van der Waals surface area contributed by atoms with E-state index >= 15 is 0 Å². The van der Waals surface area contributed by atoms with Crippen LogP contribution in [0, 0.1) is 11.8 Å². The number of carboxylic acid groups (broad SMARTS) is 1. The van der Waals surface area contributed by atoms with Crippen molar-refractivity contribution in [2.45, 2.75) is 31.8 Å². The summed E-state index contributed by atoms with van der Waals surface area (Å²) in [6, 6.07) is 4.66. The van der Waals surface area contributed by atoms with Crippen LogP contribution in [-0.4, -0.2) is 119 Å². The molecule has 0 bridgehead atoms. The highest BCUT2D eigenvalue weighted by Crippen LogP contribution is 2.29. The van der Waals surface area contributed by atoms with E-state index in [4.69, 9.17) is 33.5 Å². The minimum Gasteiger partial charge on any atom is -0.481 e. The number of nitrogens with zero attached hydrogens (tertiary/aromatic N) is 1. The Bertz CT molecular complexity index is 1110. The number of carboxylic acids is 1. The summed E-state index contributed by atoms with van der Waals surface area (Å²) in [7, 11) is 0. The van der Waals surface area contributed by atoms with Crippen LogP contribution in [0.5, 0.6) is 0 Å². The van der Waals surface area contributed by atoms with E-state index in [1.165, 1.54) is 4.90 Å². The molecule has 0 aromatic heterocycles. The first-order valence-electron chi connectivity index (χ1n) is 13.9. The van der Waals surface area contributed by atoms with Crippen molar-refractivity contribution in [3.63, 3.8) is 0 Å². The van der Waals surface area contributed by atoms with Gasteiger partial charge in [-0.15, -0.1) is 0 Å². The number of ether oxygens (including phenoxy) is 6. The van der Waals surface area contributed by atoms with Crippen molar-refractivity contribution in [1.82, 2.24) is 10.2 Å². The fraction of sp³-hybridized carbons (Fsp3) is 0.586. The summed E-state index contributed by atoms with van der Waals surface area (Å²) in [6.45, 7) is 4.75. The van der Waals surface area contributed by atoms with Crippen molar-refractivity contribution < 1.29 is 52.7 Å². The molecule has 42 heavy (non-hydrogen) atoms. The van der Waals surface area contributed by atoms with Crippen molar-refractivity contribution in [1.29, 1.82) is 0 Å². The van der Waals surface area contributed by atoms with Crippen LogP contribution in [0.3, 0.4) is 0 Å². The summed E-state index contributed by atoms with van der Waals surface area (Å²) < 4.78 is 32.2. The predicted octanol–water partition coefficient (Wildman–Crippen LogP) is 0.373. The molecule has 2 N–H and O–H groups in total. The Morgan fingerprint density at radius 2 is 1.43 bits per heavy atom. The zero-order valence-corrected chi connectivity index (χ0v) is 23.6. The van der Waals surface area contributed by atoms with E-state index in [0.29, 0.717) is 83.6 Å². The molecule has 1 saturated heterocycles. The molecule has 3 rings (SSSR count). The van der Waals surface area contributed by atoms with Gasteiger partial charge in [0.1, 0.15) is 12.6 Å². The molecule has 230 valence electrons. The number of hydrogen-bond acceptors (Lipinski definition) is 10. The molecule has 1 aromatic carbocycles. The topological polar surface area (TPSA) is 159 Å². The van der Waals surface area contributed by atoms with E-state index in [9.17, 15) is 19.2 Å². The molecule has 1 unspecified atom stereocenters. The molecule has 3 amide bonds. The molecule has 1 aromatic rings. The number of piperidine rings is 1. The maximum atomic E-state index is 12.9. The van der Waals surface area contributed by atoms with E-state index in [-0.39, 0.29) is 44.4 Å². The van der Waals surface area contributed by atoms with Crippen LogP contribution in [-0.2, 0) is 49.3 Å². The van der Waals surface area contributed by atoms with E-state index in [1.54, 1.807) is 12.1 Å². The molecule has 0 radical (unpaired) electrons. The third-order valence-corrected chi connectivity index (χ3v) is 6.30. The molecule has 1 atom stereocenters. The highest BCUT2D eigenvalue weighted by atomic mass is 16.6. The second-order valence-electron chi connectivity index (χ2n) is 9.29. The van der Waals surface area contributed by atoms with Gasteiger partial charge in [0.2, 0.25) is 11.8 Å². The predicted molar refractivity (Wildman–Crippen MR) is 147 cm³/mol. The quantitative estimate of drug-likeness (QED) is 0.123. The van der Waals surface area contributed by atoms with Gasteiger partial charge in [0.15, 0.2) is 0 Å². The average Bonchev–Trinajstić information content (AvgIpc) is 3.30. The maximum absolute atomic E-state index is 12.9. The van der Waals surface area contributed by atoms with Gasteiger partial charge in [-0.05, 0) is 24.1 Å². The minimum absolute atomic E-state index is 0.0163. The Morgan fingerprint density at radius 3 is 2.00 bits per heavy atom. The van der Waals surface area contributed by atoms with Gasteiger partial charge < -0.3 is 38.4 Å². The third kappa shape index (κ3) is 11.5. The standard InChI is InChI=1S/C29H38N2O11/c32-26-7-6-25(28(35)30-26)31-21-24-22(3-1-5-23(24)29(31)36)4-2-9-37-11-13-39-15-17-41-19-20-42-18-16-40-14-12-38-10-8-27(33)34/h1,3,5,25H,6-21H2,(H,33,34)(H,30,32,35). The van der Waals surface area contributed by atoms with Gasteiger partial charge in [0.25, 0.3) is 5.91 Å². The molecular formula is C29H38N2O11. The lowest BCUT2D eigenvalue weighted by atomic mass is 10.0. The van der Waals surface area contributed by atoms with Gasteiger partial charge in [-0.2, -0.15) is 0 Å². The smallest absolute Gasteiger partial charge is 0.305 e. The SMILES string of the molecule is O=C(O)CCOCCOCCOCCOCCOCCOCC#Cc1cccc2c1CN(C1CCC(=O)NC1=O)C2=O. The summed E-state index contributed by atoms with van der Waals surface area (Å²) in [5.74, 6) is 4.14. The first kappa shape index (κ1) is 33.1. The number of fused-ring (bicyclic) bond motifs is 1. The van der Waals surface area contributed by atoms with Crippen molar-refractivity contribution in [2.24, 2.45) is 0 Å². The molecular weight excluding hydrogens is 552 g/mol. The first-order chi connectivity index (χ1) is 20.5. The molecule has 2 heterocycles. The van der Waals surface area contributed by atoms with Gasteiger partial charge in [-0.3, -0.25) is 24.5 Å². The van der Waals surface area contributed by atoms with Gasteiger partial charge >= 0.3 is 5.97 Å². The lowest BCUT2D eigenvalue weighted by Gasteiger charge is -2.29. The van der Waals surface area contributed by atoms with Gasteiger partial charge in [0.05, 0.1) is 79.1 Å². The molecule has 13 nitrogen and oxygen atoms in total. The van der Waals surface area contributed by atoms with E-state index in [1.807, 2.05) is 6.07 Å². The van der Waals surface area contributed by atoms with Gasteiger partial charge in [0, 0.05) is 24.1 Å². The summed E-state index contributed by atoms with van der Waals surface area (Å²) in [5.41, 5.74) is 2.01.